The SMILES string of the molecule is COCC(C)NC(=O)CSc1nnc(Cc2cccs2)n1C1CCCCC1. The number of thiophene rings is 1. The van der Waals surface area contributed by atoms with Crippen LogP contribution in [0.5, 0.6) is 0 Å². The van der Waals surface area contributed by atoms with Gasteiger partial charge in [-0.3, -0.25) is 4.79 Å². The number of hydrogen-bond acceptors (Lipinski definition) is 6. The van der Waals surface area contributed by atoms with Gasteiger partial charge in [0, 0.05) is 30.5 Å². The molecule has 1 aliphatic rings. The standard InChI is InChI=1S/C19H28N4O2S2/c1-14(12-25-2)20-18(24)13-27-19-22-21-17(11-16-9-6-10-26-16)23(19)15-7-4-3-5-8-15/h6,9-10,14-15H,3-5,7-8,11-13H2,1-2H3,(H,20,24). The number of methoxy groups -OCH3 is 1. The van der Waals surface area contributed by atoms with E-state index in [2.05, 4.69) is 37.6 Å². The fourth-order valence-corrected chi connectivity index (χ4v) is 5.08. The maximum absolute atomic E-state index is 12.2. The average Bonchev–Trinajstić information content (AvgIpc) is 3.31. The number of carbonyl (C=O) groups excluding carboxylic acids is 1. The number of carbonyl (C=O) groups is 1. The van der Waals surface area contributed by atoms with Gasteiger partial charge in [-0.15, -0.1) is 21.5 Å². The minimum absolute atomic E-state index is 0.00236. The van der Waals surface area contributed by atoms with Crippen LogP contribution >= 0.6 is 23.1 Å². The van der Waals surface area contributed by atoms with Crippen LogP contribution in [0.3, 0.4) is 0 Å². The van der Waals surface area contributed by atoms with Gasteiger partial charge in [0.15, 0.2) is 5.16 Å². The lowest BCUT2D eigenvalue weighted by Gasteiger charge is -2.25. The summed E-state index contributed by atoms with van der Waals surface area (Å²) in [4.78, 5) is 13.5. The summed E-state index contributed by atoms with van der Waals surface area (Å²) in [6.45, 7) is 2.45. The molecule has 0 saturated heterocycles. The summed E-state index contributed by atoms with van der Waals surface area (Å²) in [6.07, 6.45) is 6.95. The highest BCUT2D eigenvalue weighted by atomic mass is 32.2. The zero-order valence-corrected chi connectivity index (χ0v) is 17.7. The Hall–Kier alpha value is -1.38. The van der Waals surface area contributed by atoms with Gasteiger partial charge in [-0.1, -0.05) is 37.1 Å². The van der Waals surface area contributed by atoms with E-state index in [4.69, 9.17) is 4.74 Å². The van der Waals surface area contributed by atoms with Gasteiger partial charge in [0.2, 0.25) is 5.91 Å². The van der Waals surface area contributed by atoms with E-state index in [-0.39, 0.29) is 11.9 Å². The van der Waals surface area contributed by atoms with Crippen molar-refractivity contribution in [1.29, 1.82) is 0 Å². The zero-order chi connectivity index (χ0) is 19.1. The fourth-order valence-electron chi connectivity index (χ4n) is 3.54. The number of aromatic nitrogens is 3. The number of ether oxygens (including phenoxy) is 1. The van der Waals surface area contributed by atoms with Crippen molar-refractivity contribution in [2.75, 3.05) is 19.5 Å². The highest BCUT2D eigenvalue weighted by molar-refractivity contribution is 7.99. The molecule has 1 aliphatic carbocycles. The molecular formula is C19H28N4O2S2. The van der Waals surface area contributed by atoms with E-state index in [0.29, 0.717) is 18.4 Å². The predicted octanol–water partition coefficient (Wildman–Crippen LogP) is 3.68. The quantitative estimate of drug-likeness (QED) is 0.641. The Morgan fingerprint density at radius 3 is 2.93 bits per heavy atom. The van der Waals surface area contributed by atoms with Gasteiger partial charge in [-0.25, -0.2) is 0 Å². The Labute approximate surface area is 169 Å². The molecule has 8 heteroatoms. The Morgan fingerprint density at radius 1 is 1.41 bits per heavy atom. The highest BCUT2D eigenvalue weighted by Crippen LogP contribution is 2.33. The minimum atomic E-state index is 0.00236. The van der Waals surface area contributed by atoms with Crippen LogP contribution in [-0.4, -0.2) is 46.2 Å². The molecule has 0 aromatic carbocycles. The lowest BCUT2D eigenvalue weighted by molar-refractivity contribution is -0.119. The van der Waals surface area contributed by atoms with Crippen molar-refractivity contribution in [2.45, 2.75) is 62.7 Å². The number of hydrogen-bond donors (Lipinski definition) is 1. The Balaban J connectivity index is 1.69. The molecule has 1 amide bonds. The van der Waals surface area contributed by atoms with Gasteiger partial charge in [-0.2, -0.15) is 0 Å². The first-order chi connectivity index (χ1) is 13.2. The van der Waals surface area contributed by atoms with Crippen LogP contribution in [0, 0.1) is 0 Å². The zero-order valence-electron chi connectivity index (χ0n) is 16.0. The van der Waals surface area contributed by atoms with E-state index >= 15 is 0 Å². The fraction of sp³-hybridized carbons (Fsp3) is 0.632. The first kappa shape index (κ1) is 20.4. The molecule has 3 rings (SSSR count). The third-order valence-corrected chi connectivity index (χ3v) is 6.56. The summed E-state index contributed by atoms with van der Waals surface area (Å²) >= 11 is 3.23. The topological polar surface area (TPSA) is 69.0 Å². The smallest absolute Gasteiger partial charge is 0.230 e. The molecule has 1 fully saturated rings. The molecule has 6 nitrogen and oxygen atoms in total. The lowest BCUT2D eigenvalue weighted by Crippen LogP contribution is -2.36. The molecule has 2 aromatic rings. The molecule has 2 aromatic heterocycles. The van der Waals surface area contributed by atoms with E-state index in [1.165, 1.54) is 48.7 Å². The van der Waals surface area contributed by atoms with E-state index in [1.807, 2.05) is 6.92 Å². The molecule has 148 valence electrons. The summed E-state index contributed by atoms with van der Waals surface area (Å²) in [6, 6.07) is 4.67. The molecule has 1 N–H and O–H groups in total. The van der Waals surface area contributed by atoms with E-state index in [9.17, 15) is 4.79 Å². The minimum Gasteiger partial charge on any atom is -0.383 e. The maximum atomic E-state index is 12.2. The van der Waals surface area contributed by atoms with Crippen LogP contribution in [0.25, 0.3) is 0 Å². The monoisotopic (exact) mass is 408 g/mol. The van der Waals surface area contributed by atoms with Crippen molar-refractivity contribution in [3.05, 3.63) is 28.2 Å². The van der Waals surface area contributed by atoms with Crippen molar-refractivity contribution in [3.63, 3.8) is 0 Å². The van der Waals surface area contributed by atoms with Crippen molar-refractivity contribution < 1.29 is 9.53 Å². The first-order valence-corrected chi connectivity index (χ1v) is 11.4. The second kappa shape index (κ2) is 10.2. The van der Waals surface area contributed by atoms with Gasteiger partial charge < -0.3 is 14.6 Å². The van der Waals surface area contributed by atoms with Crippen LogP contribution in [0.2, 0.25) is 0 Å². The summed E-state index contributed by atoms with van der Waals surface area (Å²) < 4.78 is 7.37. The molecular weight excluding hydrogens is 380 g/mol. The third-order valence-electron chi connectivity index (χ3n) is 4.74. The molecule has 0 bridgehead atoms. The van der Waals surface area contributed by atoms with Gasteiger partial charge >= 0.3 is 0 Å². The van der Waals surface area contributed by atoms with Crippen LogP contribution in [-0.2, 0) is 16.0 Å². The first-order valence-electron chi connectivity index (χ1n) is 9.54. The number of amides is 1. The van der Waals surface area contributed by atoms with E-state index < -0.39 is 0 Å². The Kier molecular flexibility index (Phi) is 7.72. The molecule has 1 atom stereocenters. The molecule has 2 heterocycles. The largest absolute Gasteiger partial charge is 0.383 e. The van der Waals surface area contributed by atoms with Gasteiger partial charge in [-0.05, 0) is 31.2 Å². The van der Waals surface area contributed by atoms with Gasteiger partial charge in [0.05, 0.1) is 12.4 Å². The number of nitrogens with one attached hydrogen (secondary N) is 1. The van der Waals surface area contributed by atoms with Crippen molar-refractivity contribution in [3.8, 4) is 0 Å². The third kappa shape index (κ3) is 5.80. The summed E-state index contributed by atoms with van der Waals surface area (Å²) in [7, 11) is 1.64. The van der Waals surface area contributed by atoms with Crippen molar-refractivity contribution >= 4 is 29.0 Å². The Bertz CT molecular complexity index is 711. The molecule has 0 aliphatic heterocycles. The van der Waals surface area contributed by atoms with Crippen molar-refractivity contribution in [2.24, 2.45) is 0 Å². The molecule has 0 spiro atoms. The van der Waals surface area contributed by atoms with E-state index in [0.717, 1.165) is 17.4 Å². The van der Waals surface area contributed by atoms with Crippen LogP contribution in [0.4, 0.5) is 0 Å². The maximum Gasteiger partial charge on any atom is 0.230 e. The molecule has 27 heavy (non-hydrogen) atoms. The molecule has 0 radical (unpaired) electrons. The van der Waals surface area contributed by atoms with Crippen LogP contribution < -0.4 is 5.32 Å². The highest BCUT2D eigenvalue weighted by Gasteiger charge is 2.24. The van der Waals surface area contributed by atoms with Crippen LogP contribution in [0.1, 0.15) is 55.8 Å². The average molecular weight is 409 g/mol. The second-order valence-corrected chi connectivity index (χ2v) is 9.00. The van der Waals surface area contributed by atoms with Gasteiger partial charge in [0.25, 0.3) is 0 Å². The number of rotatable bonds is 9. The number of nitrogens with zero attached hydrogens (tertiary/aromatic N) is 3. The normalized spacial score (nSPS) is 16.4. The number of thioether (sulfide) groups is 1. The summed E-state index contributed by atoms with van der Waals surface area (Å²) in [5, 5.41) is 14.8. The predicted molar refractivity (Wildman–Crippen MR) is 109 cm³/mol. The van der Waals surface area contributed by atoms with Crippen molar-refractivity contribution in [1.82, 2.24) is 20.1 Å². The molecule has 1 saturated carbocycles. The summed E-state index contributed by atoms with van der Waals surface area (Å²) in [5.41, 5.74) is 0. The van der Waals surface area contributed by atoms with E-state index in [1.54, 1.807) is 18.4 Å². The summed E-state index contributed by atoms with van der Waals surface area (Å²) in [5.74, 6) is 1.36. The van der Waals surface area contributed by atoms with Gasteiger partial charge in [0.1, 0.15) is 5.82 Å². The lowest BCUT2D eigenvalue weighted by atomic mass is 9.95. The van der Waals surface area contributed by atoms with Crippen LogP contribution in [0.15, 0.2) is 22.7 Å². The second-order valence-electron chi connectivity index (χ2n) is 7.03. The Morgan fingerprint density at radius 2 is 2.22 bits per heavy atom. The molecule has 1 unspecified atom stereocenters.